The minimum absolute atomic E-state index is 0.131. The average Bonchev–Trinajstić information content (AvgIpc) is 2.36. The van der Waals surface area contributed by atoms with E-state index in [9.17, 15) is 4.79 Å². The molecular weight excluding hydrogens is 278 g/mol. The predicted octanol–water partition coefficient (Wildman–Crippen LogP) is 2.39. The molecule has 112 valence electrons. The number of ether oxygens (including phenoxy) is 1. The molecule has 0 aromatic carbocycles. The van der Waals surface area contributed by atoms with E-state index in [1.54, 1.807) is 13.3 Å². The standard InChI is InChI=1S/C14H22ClN3O2/c1-10(9-20-2)6-16-13-12(15)7-17-18(14(13)19)8-11-4-3-5-11/h7,10-11,16H,3-6,8-9H2,1-2H3. The Morgan fingerprint density at radius 3 is 2.95 bits per heavy atom. The molecule has 1 atom stereocenters. The molecule has 1 aromatic rings. The van der Waals surface area contributed by atoms with Crippen LogP contribution in [0.25, 0.3) is 0 Å². The van der Waals surface area contributed by atoms with E-state index in [4.69, 9.17) is 16.3 Å². The Kier molecular flexibility index (Phi) is 5.43. The van der Waals surface area contributed by atoms with Crippen LogP contribution in [0.3, 0.4) is 0 Å². The Balaban J connectivity index is 2.06. The van der Waals surface area contributed by atoms with Gasteiger partial charge in [-0.05, 0) is 24.7 Å². The quantitative estimate of drug-likeness (QED) is 0.840. The first-order chi connectivity index (χ1) is 9.61. The van der Waals surface area contributed by atoms with Gasteiger partial charge in [0, 0.05) is 20.2 Å². The normalized spacial score (nSPS) is 16.8. The molecule has 2 rings (SSSR count). The summed E-state index contributed by atoms with van der Waals surface area (Å²) in [6, 6.07) is 0. The topological polar surface area (TPSA) is 56.1 Å². The Hall–Kier alpha value is -1.07. The van der Waals surface area contributed by atoms with Gasteiger partial charge in [0.1, 0.15) is 5.69 Å². The molecule has 1 aliphatic carbocycles. The lowest BCUT2D eigenvalue weighted by molar-refractivity contribution is 0.164. The molecule has 0 spiro atoms. The van der Waals surface area contributed by atoms with Gasteiger partial charge in [-0.1, -0.05) is 24.9 Å². The van der Waals surface area contributed by atoms with E-state index >= 15 is 0 Å². The van der Waals surface area contributed by atoms with Gasteiger partial charge in [-0.25, -0.2) is 4.68 Å². The number of anilines is 1. The molecule has 0 aliphatic heterocycles. The van der Waals surface area contributed by atoms with E-state index < -0.39 is 0 Å². The van der Waals surface area contributed by atoms with Crippen LogP contribution in [0.4, 0.5) is 5.69 Å². The van der Waals surface area contributed by atoms with Gasteiger partial charge in [-0.15, -0.1) is 0 Å². The fraction of sp³-hybridized carbons (Fsp3) is 0.714. The molecule has 1 unspecified atom stereocenters. The molecule has 0 amide bonds. The van der Waals surface area contributed by atoms with E-state index in [2.05, 4.69) is 17.3 Å². The summed E-state index contributed by atoms with van der Waals surface area (Å²) in [6.07, 6.45) is 5.17. The van der Waals surface area contributed by atoms with Gasteiger partial charge < -0.3 is 10.1 Å². The highest BCUT2D eigenvalue weighted by molar-refractivity contribution is 6.32. The van der Waals surface area contributed by atoms with Crippen LogP contribution >= 0.6 is 11.6 Å². The highest BCUT2D eigenvalue weighted by Crippen LogP contribution is 2.27. The minimum atomic E-state index is -0.131. The first-order valence-electron chi connectivity index (χ1n) is 7.10. The van der Waals surface area contributed by atoms with Gasteiger partial charge in [0.15, 0.2) is 0 Å². The third-order valence-electron chi connectivity index (χ3n) is 3.73. The average molecular weight is 300 g/mol. The van der Waals surface area contributed by atoms with Crippen molar-refractivity contribution in [2.24, 2.45) is 11.8 Å². The predicted molar refractivity (Wildman–Crippen MR) is 80.4 cm³/mol. The van der Waals surface area contributed by atoms with Crippen LogP contribution in [0.15, 0.2) is 11.0 Å². The van der Waals surface area contributed by atoms with Gasteiger partial charge in [-0.3, -0.25) is 4.79 Å². The fourth-order valence-corrected chi connectivity index (χ4v) is 2.49. The minimum Gasteiger partial charge on any atom is -0.384 e. The molecule has 1 heterocycles. The van der Waals surface area contributed by atoms with Crippen molar-refractivity contribution < 1.29 is 4.74 Å². The van der Waals surface area contributed by atoms with E-state index in [-0.39, 0.29) is 5.56 Å². The van der Waals surface area contributed by atoms with Crippen LogP contribution in [0.1, 0.15) is 26.2 Å². The Labute approximate surface area is 124 Å². The maximum Gasteiger partial charge on any atom is 0.291 e. The van der Waals surface area contributed by atoms with Crippen LogP contribution < -0.4 is 10.9 Å². The largest absolute Gasteiger partial charge is 0.384 e. The van der Waals surface area contributed by atoms with E-state index in [1.165, 1.54) is 23.9 Å². The zero-order valence-corrected chi connectivity index (χ0v) is 12.8. The summed E-state index contributed by atoms with van der Waals surface area (Å²) >= 11 is 6.08. The molecule has 1 aromatic heterocycles. The molecule has 5 nitrogen and oxygen atoms in total. The summed E-state index contributed by atoms with van der Waals surface area (Å²) in [5.74, 6) is 0.894. The molecular formula is C14H22ClN3O2. The zero-order valence-electron chi connectivity index (χ0n) is 12.1. The van der Waals surface area contributed by atoms with Gasteiger partial charge in [-0.2, -0.15) is 5.10 Å². The fourth-order valence-electron chi connectivity index (χ4n) is 2.30. The maximum absolute atomic E-state index is 12.4. The van der Waals surface area contributed by atoms with E-state index in [0.717, 1.165) is 0 Å². The van der Waals surface area contributed by atoms with Crippen molar-refractivity contribution in [3.05, 3.63) is 21.6 Å². The van der Waals surface area contributed by atoms with Crippen LogP contribution in [0, 0.1) is 11.8 Å². The van der Waals surface area contributed by atoms with Crippen molar-refractivity contribution in [1.82, 2.24) is 9.78 Å². The van der Waals surface area contributed by atoms with Crippen molar-refractivity contribution in [1.29, 1.82) is 0 Å². The van der Waals surface area contributed by atoms with E-state index in [1.807, 2.05) is 0 Å². The molecule has 1 saturated carbocycles. The summed E-state index contributed by atoms with van der Waals surface area (Å²) in [7, 11) is 1.67. The number of nitrogens with zero attached hydrogens (tertiary/aromatic N) is 2. The number of rotatable bonds is 7. The van der Waals surface area contributed by atoms with Crippen molar-refractivity contribution in [2.45, 2.75) is 32.7 Å². The lowest BCUT2D eigenvalue weighted by Gasteiger charge is -2.25. The number of nitrogens with one attached hydrogen (secondary N) is 1. The summed E-state index contributed by atoms with van der Waals surface area (Å²) in [5.41, 5.74) is 0.318. The Morgan fingerprint density at radius 2 is 2.35 bits per heavy atom. The zero-order chi connectivity index (χ0) is 14.5. The van der Waals surface area contributed by atoms with Crippen molar-refractivity contribution in [3.63, 3.8) is 0 Å². The molecule has 0 radical (unpaired) electrons. The lowest BCUT2D eigenvalue weighted by atomic mass is 9.85. The highest BCUT2D eigenvalue weighted by atomic mass is 35.5. The molecule has 1 fully saturated rings. The molecule has 1 N–H and O–H groups in total. The molecule has 20 heavy (non-hydrogen) atoms. The molecule has 0 bridgehead atoms. The first kappa shape index (κ1) is 15.3. The van der Waals surface area contributed by atoms with Gasteiger partial charge >= 0.3 is 0 Å². The summed E-state index contributed by atoms with van der Waals surface area (Å²) in [4.78, 5) is 12.4. The summed E-state index contributed by atoms with van der Waals surface area (Å²) in [5, 5.41) is 7.64. The van der Waals surface area contributed by atoms with Gasteiger partial charge in [0.05, 0.1) is 17.8 Å². The van der Waals surface area contributed by atoms with E-state index in [0.29, 0.717) is 42.2 Å². The molecule has 0 saturated heterocycles. The second kappa shape index (κ2) is 7.09. The van der Waals surface area contributed by atoms with Gasteiger partial charge in [0.2, 0.25) is 0 Å². The molecule has 1 aliphatic rings. The first-order valence-corrected chi connectivity index (χ1v) is 7.48. The second-order valence-corrected chi connectivity index (χ2v) is 6.00. The number of hydrogen-bond donors (Lipinski definition) is 1. The van der Waals surface area contributed by atoms with Crippen LogP contribution in [0.2, 0.25) is 5.02 Å². The number of hydrogen-bond acceptors (Lipinski definition) is 4. The maximum atomic E-state index is 12.4. The summed E-state index contributed by atoms with van der Waals surface area (Å²) < 4.78 is 6.61. The third kappa shape index (κ3) is 3.73. The molecule has 6 heteroatoms. The Morgan fingerprint density at radius 1 is 1.60 bits per heavy atom. The van der Waals surface area contributed by atoms with Gasteiger partial charge in [0.25, 0.3) is 5.56 Å². The highest BCUT2D eigenvalue weighted by Gasteiger charge is 2.20. The number of aromatic nitrogens is 2. The van der Waals surface area contributed by atoms with Crippen LogP contribution in [-0.2, 0) is 11.3 Å². The smallest absolute Gasteiger partial charge is 0.291 e. The van der Waals surface area contributed by atoms with Crippen molar-refractivity contribution >= 4 is 17.3 Å². The lowest BCUT2D eigenvalue weighted by Crippen LogP contribution is -2.31. The number of methoxy groups -OCH3 is 1. The van der Waals surface area contributed by atoms with Crippen molar-refractivity contribution in [2.75, 3.05) is 25.6 Å². The summed E-state index contributed by atoms with van der Waals surface area (Å²) in [6.45, 7) is 4.04. The third-order valence-corrected chi connectivity index (χ3v) is 4.02. The number of halogens is 1. The van der Waals surface area contributed by atoms with Crippen molar-refractivity contribution in [3.8, 4) is 0 Å². The second-order valence-electron chi connectivity index (χ2n) is 5.59. The Bertz CT molecular complexity index is 500. The van der Waals surface area contributed by atoms with Crippen LogP contribution in [0.5, 0.6) is 0 Å². The monoisotopic (exact) mass is 299 g/mol. The van der Waals surface area contributed by atoms with Crippen LogP contribution in [-0.4, -0.2) is 30.0 Å². The SMILES string of the molecule is COCC(C)CNc1c(Cl)cnn(CC2CCC2)c1=O.